The number of hydrogen-bond acceptors (Lipinski definition) is 4. The fourth-order valence-electron chi connectivity index (χ4n) is 2.27. The van der Waals surface area contributed by atoms with Gasteiger partial charge in [0.15, 0.2) is 5.69 Å². The number of fused-ring (bicyclic) bond motifs is 1. The van der Waals surface area contributed by atoms with Crippen molar-refractivity contribution in [2.45, 2.75) is 26.3 Å². The zero-order chi connectivity index (χ0) is 13.3. The number of ether oxygens (including phenoxy) is 1. The highest BCUT2D eigenvalue weighted by molar-refractivity contribution is 5.89. The summed E-state index contributed by atoms with van der Waals surface area (Å²) in [5, 5.41) is 4.19. The lowest BCUT2D eigenvalue weighted by atomic mass is 10.0. The van der Waals surface area contributed by atoms with Crippen molar-refractivity contribution in [3.63, 3.8) is 0 Å². The van der Waals surface area contributed by atoms with Crippen LogP contribution in [0.15, 0.2) is 0 Å². The minimum atomic E-state index is -0.415. The molecule has 0 N–H and O–H groups in total. The van der Waals surface area contributed by atoms with E-state index in [0.29, 0.717) is 31.6 Å². The van der Waals surface area contributed by atoms with Crippen LogP contribution in [0, 0.1) is 0 Å². The van der Waals surface area contributed by atoms with E-state index < -0.39 is 5.97 Å². The number of amides is 1. The normalized spacial score (nSPS) is 14.3. The van der Waals surface area contributed by atoms with Crippen LogP contribution in [-0.2, 0) is 29.5 Å². The third-order valence-corrected chi connectivity index (χ3v) is 3.28. The Hall–Kier alpha value is -1.85. The van der Waals surface area contributed by atoms with Crippen LogP contribution in [0.4, 0.5) is 0 Å². The standard InChI is InChI=1S/C12H17N3O3/c1-4-10(16)15-6-5-8-9(7-15)14(2)13-11(8)12(17)18-3/h4-7H2,1-3H3. The second-order valence-electron chi connectivity index (χ2n) is 4.31. The second-order valence-corrected chi connectivity index (χ2v) is 4.31. The lowest BCUT2D eigenvalue weighted by Crippen LogP contribution is -2.36. The Morgan fingerprint density at radius 3 is 2.78 bits per heavy atom. The topological polar surface area (TPSA) is 64.4 Å². The number of aryl methyl sites for hydroxylation is 1. The van der Waals surface area contributed by atoms with Gasteiger partial charge in [-0.05, 0) is 6.42 Å². The van der Waals surface area contributed by atoms with Gasteiger partial charge in [0.05, 0.1) is 19.3 Å². The molecule has 1 aliphatic heterocycles. The lowest BCUT2D eigenvalue weighted by Gasteiger charge is -2.27. The van der Waals surface area contributed by atoms with Crippen molar-refractivity contribution < 1.29 is 14.3 Å². The average Bonchev–Trinajstić information content (AvgIpc) is 2.74. The largest absolute Gasteiger partial charge is 0.464 e. The quantitative estimate of drug-likeness (QED) is 0.718. The molecule has 6 nitrogen and oxygen atoms in total. The fourth-order valence-corrected chi connectivity index (χ4v) is 2.27. The summed E-state index contributed by atoms with van der Waals surface area (Å²) in [4.78, 5) is 25.1. The minimum Gasteiger partial charge on any atom is -0.464 e. The number of aromatic nitrogens is 2. The van der Waals surface area contributed by atoms with Crippen LogP contribution < -0.4 is 0 Å². The number of carbonyl (C=O) groups excluding carboxylic acids is 2. The van der Waals surface area contributed by atoms with E-state index in [9.17, 15) is 9.59 Å². The summed E-state index contributed by atoms with van der Waals surface area (Å²) in [6, 6.07) is 0. The minimum absolute atomic E-state index is 0.126. The van der Waals surface area contributed by atoms with Gasteiger partial charge in [0.1, 0.15) is 0 Å². The van der Waals surface area contributed by atoms with Crippen LogP contribution in [0.25, 0.3) is 0 Å². The molecule has 0 spiro atoms. The molecule has 1 aliphatic rings. The number of nitrogens with zero attached hydrogens (tertiary/aromatic N) is 3. The Morgan fingerprint density at radius 2 is 2.17 bits per heavy atom. The van der Waals surface area contributed by atoms with Gasteiger partial charge in [-0.25, -0.2) is 4.79 Å². The molecule has 2 heterocycles. The van der Waals surface area contributed by atoms with Crippen LogP contribution in [0.2, 0.25) is 0 Å². The van der Waals surface area contributed by atoms with Gasteiger partial charge in [0, 0.05) is 25.6 Å². The van der Waals surface area contributed by atoms with E-state index in [1.807, 2.05) is 6.92 Å². The van der Waals surface area contributed by atoms with Crippen molar-refractivity contribution in [2.24, 2.45) is 7.05 Å². The zero-order valence-corrected chi connectivity index (χ0v) is 10.9. The van der Waals surface area contributed by atoms with Gasteiger partial charge >= 0.3 is 5.97 Å². The average molecular weight is 251 g/mol. The maximum Gasteiger partial charge on any atom is 0.358 e. The van der Waals surface area contributed by atoms with Crippen molar-refractivity contribution in [1.29, 1.82) is 0 Å². The molecule has 0 atom stereocenters. The molecular formula is C12H17N3O3. The van der Waals surface area contributed by atoms with Gasteiger partial charge in [-0.15, -0.1) is 0 Å². The SMILES string of the molecule is CCC(=O)N1CCc2c(C(=O)OC)nn(C)c2C1. The monoisotopic (exact) mass is 251 g/mol. The molecular weight excluding hydrogens is 234 g/mol. The van der Waals surface area contributed by atoms with E-state index in [2.05, 4.69) is 5.10 Å². The van der Waals surface area contributed by atoms with Crippen molar-refractivity contribution in [3.05, 3.63) is 17.0 Å². The highest BCUT2D eigenvalue weighted by Crippen LogP contribution is 2.22. The van der Waals surface area contributed by atoms with E-state index in [-0.39, 0.29) is 5.91 Å². The molecule has 1 amide bonds. The first kappa shape index (κ1) is 12.6. The summed E-state index contributed by atoms with van der Waals surface area (Å²) in [7, 11) is 3.13. The van der Waals surface area contributed by atoms with Crippen LogP contribution in [-0.4, -0.2) is 40.2 Å². The molecule has 0 unspecified atom stereocenters. The van der Waals surface area contributed by atoms with Gasteiger partial charge in [-0.2, -0.15) is 5.10 Å². The van der Waals surface area contributed by atoms with Crippen molar-refractivity contribution >= 4 is 11.9 Å². The molecule has 0 aromatic carbocycles. The third kappa shape index (κ3) is 1.98. The van der Waals surface area contributed by atoms with Crippen LogP contribution in [0.1, 0.15) is 35.1 Å². The Balaban J connectivity index is 2.32. The maximum atomic E-state index is 11.7. The molecule has 18 heavy (non-hydrogen) atoms. The molecule has 1 aromatic heterocycles. The second kappa shape index (κ2) is 4.80. The van der Waals surface area contributed by atoms with Gasteiger partial charge in [-0.3, -0.25) is 9.48 Å². The van der Waals surface area contributed by atoms with E-state index in [1.54, 1.807) is 16.6 Å². The summed E-state index contributed by atoms with van der Waals surface area (Å²) in [6.07, 6.45) is 1.15. The predicted octanol–water partition coefficient (Wildman–Crippen LogP) is 0.501. The van der Waals surface area contributed by atoms with Crippen molar-refractivity contribution in [1.82, 2.24) is 14.7 Å². The molecule has 98 valence electrons. The van der Waals surface area contributed by atoms with Crippen LogP contribution >= 0.6 is 0 Å². The van der Waals surface area contributed by atoms with Gasteiger partial charge in [-0.1, -0.05) is 6.92 Å². The maximum absolute atomic E-state index is 11.7. The molecule has 1 aromatic rings. The summed E-state index contributed by atoms with van der Waals surface area (Å²) < 4.78 is 6.38. The van der Waals surface area contributed by atoms with E-state index in [1.165, 1.54) is 7.11 Å². The van der Waals surface area contributed by atoms with Gasteiger partial charge < -0.3 is 9.64 Å². The highest BCUT2D eigenvalue weighted by atomic mass is 16.5. The Kier molecular flexibility index (Phi) is 3.36. The summed E-state index contributed by atoms with van der Waals surface area (Å²) in [5.74, 6) is -0.288. The number of esters is 1. The molecule has 6 heteroatoms. The number of rotatable bonds is 2. The first-order chi connectivity index (χ1) is 8.58. The molecule has 0 aliphatic carbocycles. The Labute approximate surface area is 106 Å². The predicted molar refractivity (Wildman–Crippen MR) is 64.0 cm³/mol. The highest BCUT2D eigenvalue weighted by Gasteiger charge is 2.28. The lowest BCUT2D eigenvalue weighted by molar-refractivity contribution is -0.131. The smallest absolute Gasteiger partial charge is 0.358 e. The van der Waals surface area contributed by atoms with Crippen LogP contribution in [0.3, 0.4) is 0 Å². The van der Waals surface area contributed by atoms with E-state index >= 15 is 0 Å². The molecule has 0 saturated heterocycles. The van der Waals surface area contributed by atoms with Crippen molar-refractivity contribution in [2.75, 3.05) is 13.7 Å². The number of carbonyl (C=O) groups is 2. The summed E-state index contributed by atoms with van der Waals surface area (Å²) >= 11 is 0. The third-order valence-electron chi connectivity index (χ3n) is 3.28. The van der Waals surface area contributed by atoms with Crippen LogP contribution in [0.5, 0.6) is 0 Å². The fraction of sp³-hybridized carbons (Fsp3) is 0.583. The molecule has 0 saturated carbocycles. The number of methoxy groups -OCH3 is 1. The summed E-state index contributed by atoms with van der Waals surface area (Å²) in [6.45, 7) is 3.00. The van der Waals surface area contributed by atoms with Gasteiger partial charge in [0.2, 0.25) is 5.91 Å². The first-order valence-electron chi connectivity index (χ1n) is 5.99. The first-order valence-corrected chi connectivity index (χ1v) is 5.99. The number of hydrogen-bond donors (Lipinski definition) is 0. The zero-order valence-electron chi connectivity index (χ0n) is 10.9. The van der Waals surface area contributed by atoms with Gasteiger partial charge in [0.25, 0.3) is 0 Å². The summed E-state index contributed by atoms with van der Waals surface area (Å²) in [5.41, 5.74) is 2.20. The Bertz CT molecular complexity index is 493. The molecule has 0 fully saturated rings. The molecule has 0 bridgehead atoms. The van der Waals surface area contributed by atoms with Crippen molar-refractivity contribution in [3.8, 4) is 0 Å². The van der Waals surface area contributed by atoms with E-state index in [0.717, 1.165) is 11.3 Å². The Morgan fingerprint density at radius 1 is 1.44 bits per heavy atom. The van der Waals surface area contributed by atoms with E-state index in [4.69, 9.17) is 4.74 Å². The molecule has 2 rings (SSSR count). The molecule has 0 radical (unpaired) electrons.